The average molecular weight is 387 g/mol. The van der Waals surface area contributed by atoms with Crippen molar-refractivity contribution in [3.63, 3.8) is 0 Å². The van der Waals surface area contributed by atoms with E-state index < -0.39 is 16.1 Å². The van der Waals surface area contributed by atoms with E-state index in [4.69, 9.17) is 0 Å². The highest BCUT2D eigenvalue weighted by atomic mass is 32.2. The van der Waals surface area contributed by atoms with Gasteiger partial charge in [-0.3, -0.25) is 4.79 Å². The Hall–Kier alpha value is -2.18. The zero-order chi connectivity index (χ0) is 19.6. The first-order valence-corrected chi connectivity index (χ1v) is 10.7. The molecule has 0 bridgehead atoms. The first-order valence-electron chi connectivity index (χ1n) is 9.26. The molecule has 0 radical (unpaired) electrons. The van der Waals surface area contributed by atoms with Crippen LogP contribution in [0.3, 0.4) is 0 Å². The molecule has 1 atom stereocenters. The highest BCUT2D eigenvalue weighted by Crippen LogP contribution is 2.20. The summed E-state index contributed by atoms with van der Waals surface area (Å²) in [5.41, 5.74) is 3.45. The van der Waals surface area contributed by atoms with Crippen LogP contribution in [0, 0.1) is 0 Å². The summed E-state index contributed by atoms with van der Waals surface area (Å²) >= 11 is 0. The van der Waals surface area contributed by atoms with Crippen molar-refractivity contribution in [2.24, 2.45) is 0 Å². The van der Waals surface area contributed by atoms with Gasteiger partial charge in [-0.1, -0.05) is 50.2 Å². The summed E-state index contributed by atoms with van der Waals surface area (Å²) in [6.07, 6.45) is 0.790. The van der Waals surface area contributed by atoms with Gasteiger partial charge in [0.25, 0.3) is 0 Å². The second-order valence-electron chi connectivity index (χ2n) is 7.35. The number of fused-ring (bicyclic) bond motifs is 1. The van der Waals surface area contributed by atoms with Gasteiger partial charge in [0, 0.05) is 13.1 Å². The minimum atomic E-state index is -3.74. The standard InChI is InChI=1S/C21H26N2O3S/c1-15(2)17-8-10-20(11-9-17)27(25,26)22-16(3)21(24)23-13-12-18-6-4-5-7-19(18)14-23/h4-11,15-16,22H,12-14H2,1-3H3/t16-/m0/s1. The van der Waals surface area contributed by atoms with E-state index in [2.05, 4.69) is 24.6 Å². The van der Waals surface area contributed by atoms with Gasteiger partial charge in [0.05, 0.1) is 10.9 Å². The van der Waals surface area contributed by atoms with E-state index in [0.29, 0.717) is 19.0 Å². The summed E-state index contributed by atoms with van der Waals surface area (Å²) in [5.74, 6) is 0.129. The molecule has 1 amide bonds. The van der Waals surface area contributed by atoms with E-state index in [-0.39, 0.29) is 10.8 Å². The molecule has 144 valence electrons. The highest BCUT2D eigenvalue weighted by Gasteiger charge is 2.28. The molecule has 0 saturated heterocycles. The summed E-state index contributed by atoms with van der Waals surface area (Å²) in [5, 5.41) is 0. The van der Waals surface area contributed by atoms with E-state index in [0.717, 1.165) is 17.5 Å². The fraction of sp³-hybridized carbons (Fsp3) is 0.381. The maximum atomic E-state index is 12.8. The van der Waals surface area contributed by atoms with Crippen molar-refractivity contribution in [1.29, 1.82) is 0 Å². The maximum absolute atomic E-state index is 12.8. The third-order valence-corrected chi connectivity index (χ3v) is 6.56. The van der Waals surface area contributed by atoms with Crippen molar-refractivity contribution >= 4 is 15.9 Å². The minimum Gasteiger partial charge on any atom is -0.337 e. The van der Waals surface area contributed by atoms with E-state index in [1.807, 2.05) is 30.3 Å². The van der Waals surface area contributed by atoms with Crippen molar-refractivity contribution in [2.45, 2.75) is 50.6 Å². The predicted octanol–water partition coefficient (Wildman–Crippen LogP) is 3.06. The fourth-order valence-corrected chi connectivity index (χ4v) is 4.54. The van der Waals surface area contributed by atoms with E-state index in [1.54, 1.807) is 24.0 Å². The lowest BCUT2D eigenvalue weighted by Gasteiger charge is -2.31. The molecule has 0 saturated carbocycles. The minimum absolute atomic E-state index is 0.176. The Morgan fingerprint density at radius 2 is 1.63 bits per heavy atom. The third kappa shape index (κ3) is 4.39. The molecule has 1 heterocycles. The monoisotopic (exact) mass is 386 g/mol. The molecule has 6 heteroatoms. The Kier molecular flexibility index (Phi) is 5.67. The average Bonchev–Trinajstić information content (AvgIpc) is 2.66. The van der Waals surface area contributed by atoms with Crippen molar-refractivity contribution in [2.75, 3.05) is 6.54 Å². The molecule has 1 aliphatic rings. The Labute approximate surface area is 161 Å². The number of hydrogen-bond acceptors (Lipinski definition) is 3. The van der Waals surface area contributed by atoms with Crippen molar-refractivity contribution in [1.82, 2.24) is 9.62 Å². The van der Waals surface area contributed by atoms with Gasteiger partial charge in [-0.25, -0.2) is 8.42 Å². The van der Waals surface area contributed by atoms with Gasteiger partial charge < -0.3 is 4.90 Å². The second kappa shape index (κ2) is 7.82. The van der Waals surface area contributed by atoms with Crippen LogP contribution in [-0.4, -0.2) is 31.8 Å². The largest absolute Gasteiger partial charge is 0.337 e. The first-order chi connectivity index (χ1) is 12.8. The highest BCUT2D eigenvalue weighted by molar-refractivity contribution is 7.89. The van der Waals surface area contributed by atoms with Crippen LogP contribution in [0.2, 0.25) is 0 Å². The molecule has 5 nitrogen and oxygen atoms in total. The summed E-state index contributed by atoms with van der Waals surface area (Å²) < 4.78 is 27.8. The van der Waals surface area contributed by atoms with Gasteiger partial charge in [-0.05, 0) is 48.1 Å². The van der Waals surface area contributed by atoms with Crippen LogP contribution in [0.1, 0.15) is 43.4 Å². The van der Waals surface area contributed by atoms with Crippen molar-refractivity contribution in [3.05, 3.63) is 65.2 Å². The molecule has 3 rings (SSSR count). The summed E-state index contributed by atoms with van der Waals surface area (Å²) in [6.45, 7) is 6.83. The zero-order valence-electron chi connectivity index (χ0n) is 16.0. The quantitative estimate of drug-likeness (QED) is 0.859. The van der Waals surface area contributed by atoms with Gasteiger partial charge in [-0.2, -0.15) is 4.72 Å². The summed E-state index contributed by atoms with van der Waals surface area (Å²) in [7, 11) is -3.74. The zero-order valence-corrected chi connectivity index (χ0v) is 16.8. The number of amides is 1. The lowest BCUT2D eigenvalue weighted by Crippen LogP contribution is -2.48. The summed E-state index contributed by atoms with van der Waals surface area (Å²) in [4.78, 5) is 14.7. The molecule has 27 heavy (non-hydrogen) atoms. The molecule has 0 fully saturated rings. The third-order valence-electron chi connectivity index (χ3n) is 5.00. The Balaban J connectivity index is 1.69. The molecule has 0 aliphatic carbocycles. The summed E-state index contributed by atoms with van der Waals surface area (Å²) in [6, 6.07) is 14.0. The molecular formula is C21H26N2O3S. The van der Waals surface area contributed by atoms with Crippen molar-refractivity contribution < 1.29 is 13.2 Å². The fourth-order valence-electron chi connectivity index (χ4n) is 3.34. The number of carbonyl (C=O) groups excluding carboxylic acids is 1. The van der Waals surface area contributed by atoms with E-state index in [1.165, 1.54) is 5.56 Å². The molecular weight excluding hydrogens is 360 g/mol. The van der Waals surface area contributed by atoms with E-state index in [9.17, 15) is 13.2 Å². The van der Waals surface area contributed by atoms with E-state index >= 15 is 0 Å². The number of nitrogens with zero attached hydrogens (tertiary/aromatic N) is 1. The Bertz CT molecular complexity index is 921. The number of carbonyl (C=O) groups is 1. The van der Waals surface area contributed by atoms with Gasteiger partial charge in [0.2, 0.25) is 15.9 Å². The molecule has 1 aliphatic heterocycles. The second-order valence-corrected chi connectivity index (χ2v) is 9.06. The lowest BCUT2D eigenvalue weighted by molar-refractivity contribution is -0.133. The normalized spacial score (nSPS) is 15.5. The van der Waals surface area contributed by atoms with Gasteiger partial charge in [0.1, 0.15) is 0 Å². The topological polar surface area (TPSA) is 66.5 Å². The van der Waals surface area contributed by atoms with Crippen LogP contribution in [0.15, 0.2) is 53.4 Å². The molecule has 0 unspecified atom stereocenters. The SMILES string of the molecule is CC(C)c1ccc(S(=O)(=O)N[C@@H](C)C(=O)N2CCc3ccccc3C2)cc1. The van der Waals surface area contributed by atoms with Gasteiger partial charge in [-0.15, -0.1) is 0 Å². The Morgan fingerprint density at radius 3 is 2.26 bits per heavy atom. The first kappa shape index (κ1) is 19.6. The van der Waals surface area contributed by atoms with Crippen LogP contribution >= 0.6 is 0 Å². The number of rotatable bonds is 5. The number of benzene rings is 2. The maximum Gasteiger partial charge on any atom is 0.241 e. The van der Waals surface area contributed by atoms with Crippen LogP contribution < -0.4 is 4.72 Å². The lowest BCUT2D eigenvalue weighted by atomic mass is 9.99. The van der Waals surface area contributed by atoms with Crippen LogP contribution in [-0.2, 0) is 27.8 Å². The number of nitrogens with one attached hydrogen (secondary N) is 1. The van der Waals surface area contributed by atoms with Crippen LogP contribution in [0.4, 0.5) is 0 Å². The number of sulfonamides is 1. The van der Waals surface area contributed by atoms with Crippen molar-refractivity contribution in [3.8, 4) is 0 Å². The van der Waals surface area contributed by atoms with Gasteiger partial charge >= 0.3 is 0 Å². The molecule has 0 spiro atoms. The smallest absolute Gasteiger partial charge is 0.241 e. The van der Waals surface area contributed by atoms with Crippen LogP contribution in [0.5, 0.6) is 0 Å². The van der Waals surface area contributed by atoms with Crippen LogP contribution in [0.25, 0.3) is 0 Å². The number of hydrogen-bond donors (Lipinski definition) is 1. The molecule has 0 aromatic heterocycles. The molecule has 2 aromatic carbocycles. The van der Waals surface area contributed by atoms with Gasteiger partial charge in [0.15, 0.2) is 0 Å². The predicted molar refractivity (Wildman–Crippen MR) is 106 cm³/mol. The Morgan fingerprint density at radius 1 is 1.00 bits per heavy atom. The molecule has 2 aromatic rings. The molecule has 1 N–H and O–H groups in total.